The predicted octanol–water partition coefficient (Wildman–Crippen LogP) is 0.142. The van der Waals surface area contributed by atoms with Crippen LogP contribution in [0.25, 0.3) is 0 Å². The van der Waals surface area contributed by atoms with Crippen molar-refractivity contribution in [3.63, 3.8) is 0 Å². The third-order valence-corrected chi connectivity index (χ3v) is 1.66. The predicted molar refractivity (Wildman–Crippen MR) is 47.1 cm³/mol. The lowest BCUT2D eigenvalue weighted by Gasteiger charge is -2.23. The Kier molecular flexibility index (Phi) is 2.67. The minimum absolute atomic E-state index is 0.225. The number of amides is 1. The first kappa shape index (κ1) is 9.73. The van der Waals surface area contributed by atoms with Gasteiger partial charge in [-0.1, -0.05) is 5.16 Å². The van der Waals surface area contributed by atoms with Gasteiger partial charge in [0.1, 0.15) is 6.26 Å². The summed E-state index contributed by atoms with van der Waals surface area (Å²) in [6.07, 6.45) is 2.66. The van der Waals surface area contributed by atoms with E-state index >= 15 is 0 Å². The summed E-state index contributed by atoms with van der Waals surface area (Å²) < 4.78 is 4.54. The van der Waals surface area contributed by atoms with E-state index in [1.807, 2.05) is 13.8 Å². The van der Waals surface area contributed by atoms with Crippen molar-refractivity contribution < 1.29 is 9.32 Å². The van der Waals surface area contributed by atoms with Gasteiger partial charge in [-0.05, 0) is 13.8 Å². The fourth-order valence-corrected chi connectivity index (χ4v) is 0.748. The molecule has 1 heterocycles. The summed E-state index contributed by atoms with van der Waals surface area (Å²) in [5, 5.41) is 6.18. The van der Waals surface area contributed by atoms with Crippen molar-refractivity contribution >= 4 is 5.91 Å². The molecule has 3 N–H and O–H groups in total. The first-order valence-corrected chi connectivity index (χ1v) is 3.97. The summed E-state index contributed by atoms with van der Waals surface area (Å²) in [6.45, 7) is 4.07. The van der Waals surface area contributed by atoms with Crippen LogP contribution in [0.3, 0.4) is 0 Å². The van der Waals surface area contributed by atoms with E-state index in [-0.39, 0.29) is 5.91 Å². The van der Waals surface area contributed by atoms with Crippen molar-refractivity contribution in [1.29, 1.82) is 0 Å². The number of rotatable bonds is 3. The number of nitrogens with one attached hydrogen (secondary N) is 1. The van der Waals surface area contributed by atoms with Gasteiger partial charge in [-0.2, -0.15) is 0 Å². The molecule has 5 heteroatoms. The topological polar surface area (TPSA) is 81.1 Å². The zero-order chi connectivity index (χ0) is 9.90. The van der Waals surface area contributed by atoms with Gasteiger partial charge in [0.2, 0.25) is 0 Å². The number of nitrogens with zero attached hydrogens (tertiary/aromatic N) is 1. The second-order valence-corrected chi connectivity index (χ2v) is 3.46. The lowest BCUT2D eigenvalue weighted by molar-refractivity contribution is 0.0915. The fourth-order valence-electron chi connectivity index (χ4n) is 0.748. The molecular weight excluding hydrogens is 170 g/mol. The van der Waals surface area contributed by atoms with Crippen molar-refractivity contribution in [2.45, 2.75) is 19.4 Å². The monoisotopic (exact) mass is 183 g/mol. The zero-order valence-corrected chi connectivity index (χ0v) is 7.70. The highest BCUT2D eigenvalue weighted by Gasteiger charge is 2.19. The quantitative estimate of drug-likeness (QED) is 0.698. The summed E-state index contributed by atoms with van der Waals surface area (Å²) in [5.74, 6) is -0.225. The van der Waals surface area contributed by atoms with Crippen molar-refractivity contribution in [3.05, 3.63) is 18.0 Å². The molecule has 0 spiro atoms. The van der Waals surface area contributed by atoms with Crippen LogP contribution in [-0.4, -0.2) is 23.1 Å². The number of hydrogen-bond donors (Lipinski definition) is 2. The Morgan fingerprint density at radius 1 is 1.77 bits per heavy atom. The second-order valence-electron chi connectivity index (χ2n) is 3.46. The number of carbonyl (C=O) groups excluding carboxylic acids is 1. The Morgan fingerprint density at radius 3 is 2.92 bits per heavy atom. The third-order valence-electron chi connectivity index (χ3n) is 1.66. The molecule has 13 heavy (non-hydrogen) atoms. The van der Waals surface area contributed by atoms with Crippen molar-refractivity contribution in [2.75, 3.05) is 6.54 Å². The van der Waals surface area contributed by atoms with Gasteiger partial charge in [0.05, 0.1) is 11.8 Å². The molecule has 0 aliphatic rings. The maximum absolute atomic E-state index is 11.4. The van der Waals surface area contributed by atoms with Crippen LogP contribution in [0.15, 0.2) is 17.0 Å². The molecule has 0 aliphatic carbocycles. The number of nitrogens with two attached hydrogens (primary N) is 1. The van der Waals surface area contributed by atoms with Crippen molar-refractivity contribution in [3.8, 4) is 0 Å². The lowest BCUT2D eigenvalue weighted by atomic mass is 10.1. The van der Waals surface area contributed by atoms with E-state index in [0.717, 1.165) is 0 Å². The highest BCUT2D eigenvalue weighted by atomic mass is 16.5. The van der Waals surface area contributed by atoms with E-state index in [4.69, 9.17) is 5.73 Å². The number of aromatic nitrogens is 1. The van der Waals surface area contributed by atoms with E-state index in [9.17, 15) is 4.79 Å². The molecule has 0 saturated heterocycles. The van der Waals surface area contributed by atoms with Crippen LogP contribution in [-0.2, 0) is 0 Å². The van der Waals surface area contributed by atoms with E-state index in [0.29, 0.717) is 12.1 Å². The molecule has 0 fully saturated rings. The van der Waals surface area contributed by atoms with E-state index < -0.39 is 5.54 Å². The molecule has 0 unspecified atom stereocenters. The molecule has 1 amide bonds. The van der Waals surface area contributed by atoms with Gasteiger partial charge < -0.3 is 15.6 Å². The molecule has 5 nitrogen and oxygen atoms in total. The average Bonchev–Trinajstić information content (AvgIpc) is 2.55. The Hall–Kier alpha value is -1.36. The Labute approximate surface area is 76.3 Å². The van der Waals surface area contributed by atoms with Crippen LogP contribution in [0.2, 0.25) is 0 Å². The van der Waals surface area contributed by atoms with Crippen molar-refractivity contribution in [2.24, 2.45) is 5.73 Å². The van der Waals surface area contributed by atoms with Gasteiger partial charge in [0.15, 0.2) is 0 Å². The molecule has 1 aromatic heterocycles. The summed E-state index contributed by atoms with van der Waals surface area (Å²) in [6, 6.07) is 0. The van der Waals surface area contributed by atoms with Crippen molar-refractivity contribution in [1.82, 2.24) is 10.5 Å². The number of carbonyl (C=O) groups is 1. The molecule has 0 atom stereocenters. The minimum atomic E-state index is -0.408. The molecule has 0 aromatic carbocycles. The third kappa shape index (κ3) is 2.55. The smallest absolute Gasteiger partial charge is 0.256 e. The van der Waals surface area contributed by atoms with Crippen LogP contribution in [0.4, 0.5) is 0 Å². The normalized spacial score (nSPS) is 11.3. The van der Waals surface area contributed by atoms with E-state index in [2.05, 4.69) is 15.0 Å². The second kappa shape index (κ2) is 3.57. The first-order valence-electron chi connectivity index (χ1n) is 3.97. The van der Waals surface area contributed by atoms with Crippen LogP contribution in [0, 0.1) is 0 Å². The van der Waals surface area contributed by atoms with Crippen LogP contribution in [0.5, 0.6) is 0 Å². The average molecular weight is 183 g/mol. The van der Waals surface area contributed by atoms with Gasteiger partial charge in [0.25, 0.3) is 5.91 Å². The SMILES string of the molecule is CC(C)(CN)NC(=O)c1cnoc1. The van der Waals surface area contributed by atoms with Gasteiger partial charge >= 0.3 is 0 Å². The van der Waals surface area contributed by atoms with E-state index in [1.165, 1.54) is 12.5 Å². The maximum Gasteiger partial charge on any atom is 0.256 e. The molecule has 0 radical (unpaired) electrons. The van der Waals surface area contributed by atoms with Crippen LogP contribution < -0.4 is 11.1 Å². The lowest BCUT2D eigenvalue weighted by Crippen LogP contribution is -2.48. The maximum atomic E-state index is 11.4. The summed E-state index contributed by atoms with van der Waals surface area (Å²) in [4.78, 5) is 11.4. The highest BCUT2D eigenvalue weighted by Crippen LogP contribution is 2.02. The molecule has 0 bridgehead atoms. The van der Waals surface area contributed by atoms with E-state index in [1.54, 1.807) is 0 Å². The van der Waals surface area contributed by atoms with Gasteiger partial charge in [-0.15, -0.1) is 0 Å². The van der Waals surface area contributed by atoms with Gasteiger partial charge in [-0.25, -0.2) is 0 Å². The summed E-state index contributed by atoms with van der Waals surface area (Å²) in [7, 11) is 0. The fraction of sp³-hybridized carbons (Fsp3) is 0.500. The molecular formula is C8H13N3O2. The molecule has 1 rings (SSSR count). The summed E-state index contributed by atoms with van der Waals surface area (Å²) in [5.41, 5.74) is 5.45. The minimum Gasteiger partial charge on any atom is -0.364 e. The molecule has 0 saturated carbocycles. The largest absolute Gasteiger partial charge is 0.364 e. The number of hydrogen-bond acceptors (Lipinski definition) is 4. The van der Waals surface area contributed by atoms with Crippen LogP contribution >= 0.6 is 0 Å². The Morgan fingerprint density at radius 2 is 2.46 bits per heavy atom. The molecule has 72 valence electrons. The Balaban J connectivity index is 2.61. The standard InChI is InChI=1S/C8H13N3O2/c1-8(2,5-9)11-7(12)6-3-10-13-4-6/h3-4H,5,9H2,1-2H3,(H,11,12). The van der Waals surface area contributed by atoms with Gasteiger partial charge in [-0.3, -0.25) is 4.79 Å². The first-order chi connectivity index (χ1) is 6.05. The highest BCUT2D eigenvalue weighted by molar-refractivity contribution is 5.93. The molecule has 1 aromatic rings. The summed E-state index contributed by atoms with van der Waals surface area (Å²) >= 11 is 0. The molecule has 0 aliphatic heterocycles. The Bertz CT molecular complexity index is 280. The van der Waals surface area contributed by atoms with Crippen LogP contribution in [0.1, 0.15) is 24.2 Å². The zero-order valence-electron chi connectivity index (χ0n) is 7.70. The van der Waals surface area contributed by atoms with Gasteiger partial charge in [0, 0.05) is 12.1 Å².